The van der Waals surface area contributed by atoms with Crippen LogP contribution in [0.2, 0.25) is 0 Å². The Morgan fingerprint density at radius 3 is 2.32 bits per heavy atom. The lowest BCUT2D eigenvalue weighted by molar-refractivity contribution is -0.120. The molecule has 1 aliphatic rings. The fraction of sp³-hybridized carbons (Fsp3) is 0.519. The van der Waals surface area contributed by atoms with Gasteiger partial charge in [0.2, 0.25) is 5.91 Å². The van der Waals surface area contributed by atoms with Gasteiger partial charge in [0.25, 0.3) is 0 Å². The van der Waals surface area contributed by atoms with E-state index in [9.17, 15) is 23.8 Å². The van der Waals surface area contributed by atoms with Crippen LogP contribution in [-0.4, -0.2) is 34.8 Å². The summed E-state index contributed by atoms with van der Waals surface area (Å²) in [5.41, 5.74) is 2.42. The number of phenolic OH excluding ortho intramolecular Hbond substituents is 1. The van der Waals surface area contributed by atoms with Crippen molar-refractivity contribution in [2.75, 3.05) is 6.54 Å². The number of aliphatic hydroxyl groups excluding tert-OH is 1. The molecule has 1 amide bonds. The fourth-order valence-electron chi connectivity index (χ4n) is 4.89. The van der Waals surface area contributed by atoms with Crippen molar-refractivity contribution in [1.82, 2.24) is 10.6 Å². The van der Waals surface area contributed by atoms with Crippen molar-refractivity contribution < 1.29 is 23.8 Å². The third kappa shape index (κ3) is 6.33. The SMILES string of the molecule is CC(=O)N[C@@H](Cc1cc(F)c(O)c(F)c1)[C@H](O)CNC1(c2cccc(C(C)C)c2)CCCCC1. The van der Waals surface area contributed by atoms with Crippen molar-refractivity contribution in [3.05, 3.63) is 64.7 Å². The number of aromatic hydroxyl groups is 1. The van der Waals surface area contributed by atoms with E-state index in [4.69, 9.17) is 0 Å². The molecule has 0 heterocycles. The van der Waals surface area contributed by atoms with Crippen LogP contribution in [0.25, 0.3) is 0 Å². The maximum absolute atomic E-state index is 13.8. The number of hydrogen-bond donors (Lipinski definition) is 4. The van der Waals surface area contributed by atoms with Gasteiger partial charge in [-0.05, 0) is 54.0 Å². The minimum Gasteiger partial charge on any atom is -0.503 e. The van der Waals surface area contributed by atoms with E-state index in [1.807, 2.05) is 0 Å². The lowest BCUT2D eigenvalue weighted by atomic mass is 9.75. The summed E-state index contributed by atoms with van der Waals surface area (Å²) >= 11 is 0. The zero-order valence-electron chi connectivity index (χ0n) is 20.2. The van der Waals surface area contributed by atoms with Gasteiger partial charge in [-0.1, -0.05) is 57.4 Å². The van der Waals surface area contributed by atoms with Gasteiger partial charge < -0.3 is 20.8 Å². The monoisotopic (exact) mass is 474 g/mol. The number of benzene rings is 2. The Bertz CT molecular complexity index is 967. The summed E-state index contributed by atoms with van der Waals surface area (Å²) < 4.78 is 27.6. The van der Waals surface area contributed by atoms with Crippen LogP contribution in [0.4, 0.5) is 8.78 Å². The van der Waals surface area contributed by atoms with Crippen LogP contribution in [0.1, 0.15) is 75.5 Å². The minimum absolute atomic E-state index is 0.0202. The van der Waals surface area contributed by atoms with E-state index in [1.165, 1.54) is 24.5 Å². The van der Waals surface area contributed by atoms with E-state index >= 15 is 0 Å². The lowest BCUT2D eigenvalue weighted by Crippen LogP contribution is -2.53. The van der Waals surface area contributed by atoms with Crippen molar-refractivity contribution in [2.45, 2.75) is 82.9 Å². The molecule has 1 aliphatic carbocycles. The number of hydrogen-bond acceptors (Lipinski definition) is 4. The van der Waals surface area contributed by atoms with Crippen LogP contribution in [0.5, 0.6) is 5.75 Å². The second kappa shape index (κ2) is 11.3. The van der Waals surface area contributed by atoms with Gasteiger partial charge >= 0.3 is 0 Å². The van der Waals surface area contributed by atoms with Crippen molar-refractivity contribution in [3.63, 3.8) is 0 Å². The number of rotatable bonds is 9. The number of phenols is 1. The van der Waals surface area contributed by atoms with Crippen LogP contribution < -0.4 is 10.6 Å². The molecule has 2 atom stereocenters. The van der Waals surface area contributed by atoms with Crippen LogP contribution in [0.15, 0.2) is 36.4 Å². The normalized spacial score (nSPS) is 17.4. The molecule has 5 nitrogen and oxygen atoms in total. The first-order valence-corrected chi connectivity index (χ1v) is 12.1. The Morgan fingerprint density at radius 1 is 1.09 bits per heavy atom. The molecule has 0 radical (unpaired) electrons. The molecule has 7 heteroatoms. The van der Waals surface area contributed by atoms with E-state index in [1.54, 1.807) is 0 Å². The second-order valence-electron chi connectivity index (χ2n) is 9.79. The van der Waals surface area contributed by atoms with Gasteiger partial charge in [-0.15, -0.1) is 0 Å². The van der Waals surface area contributed by atoms with Crippen molar-refractivity contribution in [1.29, 1.82) is 0 Å². The number of carbonyl (C=O) groups is 1. The Kier molecular flexibility index (Phi) is 8.66. The highest BCUT2D eigenvalue weighted by Crippen LogP contribution is 2.38. The maximum atomic E-state index is 13.8. The molecule has 0 aliphatic heterocycles. The van der Waals surface area contributed by atoms with Crippen LogP contribution >= 0.6 is 0 Å². The highest BCUT2D eigenvalue weighted by molar-refractivity contribution is 5.73. The van der Waals surface area contributed by atoms with Gasteiger partial charge in [0, 0.05) is 19.0 Å². The van der Waals surface area contributed by atoms with Crippen molar-refractivity contribution in [2.24, 2.45) is 0 Å². The summed E-state index contributed by atoms with van der Waals surface area (Å²) in [6.45, 7) is 5.87. The predicted octanol–water partition coefficient (Wildman–Crippen LogP) is 4.65. The van der Waals surface area contributed by atoms with Gasteiger partial charge in [0.05, 0.1) is 12.1 Å². The molecule has 2 aromatic carbocycles. The average Bonchev–Trinajstić information content (AvgIpc) is 2.81. The fourth-order valence-corrected chi connectivity index (χ4v) is 4.89. The third-order valence-corrected chi connectivity index (χ3v) is 6.85. The second-order valence-corrected chi connectivity index (χ2v) is 9.79. The molecule has 0 saturated heterocycles. The molecule has 0 aromatic heterocycles. The number of halogens is 2. The van der Waals surface area contributed by atoms with E-state index in [0.717, 1.165) is 37.8 Å². The number of amides is 1. The Labute approximate surface area is 200 Å². The zero-order valence-corrected chi connectivity index (χ0v) is 20.2. The maximum Gasteiger partial charge on any atom is 0.217 e. The highest BCUT2D eigenvalue weighted by Gasteiger charge is 2.35. The molecule has 2 aromatic rings. The first-order chi connectivity index (χ1) is 16.1. The predicted molar refractivity (Wildman–Crippen MR) is 129 cm³/mol. The Balaban J connectivity index is 1.80. The van der Waals surface area contributed by atoms with Crippen LogP contribution in [0, 0.1) is 11.6 Å². The number of carbonyl (C=O) groups excluding carboxylic acids is 1. The van der Waals surface area contributed by atoms with E-state index < -0.39 is 29.5 Å². The largest absolute Gasteiger partial charge is 0.503 e. The van der Waals surface area contributed by atoms with E-state index in [0.29, 0.717) is 5.92 Å². The zero-order chi connectivity index (χ0) is 24.9. The summed E-state index contributed by atoms with van der Waals surface area (Å²) in [5.74, 6) is -3.13. The third-order valence-electron chi connectivity index (χ3n) is 6.85. The first kappa shape index (κ1) is 26.1. The molecule has 0 unspecified atom stereocenters. The Morgan fingerprint density at radius 2 is 1.74 bits per heavy atom. The molecule has 4 N–H and O–H groups in total. The smallest absolute Gasteiger partial charge is 0.217 e. The molecular formula is C27H36F2N2O3. The highest BCUT2D eigenvalue weighted by atomic mass is 19.1. The molecule has 3 rings (SSSR count). The number of nitrogens with one attached hydrogen (secondary N) is 2. The molecule has 0 bridgehead atoms. The van der Waals surface area contributed by atoms with E-state index in [-0.39, 0.29) is 30.0 Å². The average molecular weight is 475 g/mol. The van der Waals surface area contributed by atoms with Gasteiger partial charge in [-0.2, -0.15) is 0 Å². The van der Waals surface area contributed by atoms with Gasteiger partial charge in [0.1, 0.15) is 0 Å². The van der Waals surface area contributed by atoms with Crippen LogP contribution in [-0.2, 0) is 16.8 Å². The quantitative estimate of drug-likeness (QED) is 0.426. The van der Waals surface area contributed by atoms with Crippen molar-refractivity contribution >= 4 is 5.91 Å². The summed E-state index contributed by atoms with van der Waals surface area (Å²) in [6.07, 6.45) is 4.25. The standard InChI is InChI=1S/C27H36F2N2O3/c1-17(2)20-8-7-9-21(15-20)27(10-5-4-6-11-27)30-16-25(33)24(31-18(3)32)14-19-12-22(28)26(34)23(29)13-19/h7-9,12-13,15,17,24-25,30,33-34H,4-6,10-11,14,16H2,1-3H3,(H,31,32)/t24-,25+/m0/s1. The molecule has 1 fully saturated rings. The minimum atomic E-state index is -1.07. The van der Waals surface area contributed by atoms with Gasteiger partial charge in [-0.3, -0.25) is 4.79 Å². The summed E-state index contributed by atoms with van der Waals surface area (Å²) in [4.78, 5) is 11.8. The first-order valence-electron chi connectivity index (χ1n) is 12.1. The summed E-state index contributed by atoms with van der Waals surface area (Å²) in [5, 5.41) is 26.7. The van der Waals surface area contributed by atoms with Gasteiger partial charge in [0.15, 0.2) is 17.4 Å². The molecule has 0 spiro atoms. The molecule has 186 valence electrons. The van der Waals surface area contributed by atoms with E-state index in [2.05, 4.69) is 48.7 Å². The lowest BCUT2D eigenvalue weighted by Gasteiger charge is -2.40. The number of aliphatic hydroxyl groups is 1. The molecular weight excluding hydrogens is 438 g/mol. The molecule has 1 saturated carbocycles. The van der Waals surface area contributed by atoms with Crippen LogP contribution in [0.3, 0.4) is 0 Å². The Hall–Kier alpha value is -2.51. The summed E-state index contributed by atoms with van der Waals surface area (Å²) in [6, 6.07) is 9.86. The topological polar surface area (TPSA) is 81.6 Å². The summed E-state index contributed by atoms with van der Waals surface area (Å²) in [7, 11) is 0. The van der Waals surface area contributed by atoms with Gasteiger partial charge in [-0.25, -0.2) is 8.78 Å². The van der Waals surface area contributed by atoms with Crippen molar-refractivity contribution in [3.8, 4) is 5.75 Å². The molecule has 34 heavy (non-hydrogen) atoms.